The zero-order valence-corrected chi connectivity index (χ0v) is 60.1. The highest BCUT2D eigenvalue weighted by atomic mass is 16.2. The van der Waals surface area contributed by atoms with Gasteiger partial charge in [-0.2, -0.15) is 0 Å². The van der Waals surface area contributed by atoms with Crippen LogP contribution in [-0.2, 0) is 0 Å². The molecule has 106 heavy (non-hydrogen) atoms. The number of rotatable bonds is 16. The molecule has 526 valence electrons. The van der Waals surface area contributed by atoms with Crippen molar-refractivity contribution in [1.29, 1.82) is 0 Å². The summed E-state index contributed by atoms with van der Waals surface area (Å²) < 4.78 is 0. The van der Waals surface area contributed by atoms with Gasteiger partial charge in [-0.05, 0) is 174 Å². The fourth-order valence-electron chi connectivity index (χ4n) is 11.4. The van der Waals surface area contributed by atoms with Gasteiger partial charge in [-0.15, -0.1) is 0 Å². The highest BCUT2D eigenvalue weighted by Gasteiger charge is 2.23. The molecule has 13 rings (SSSR count). The summed E-state index contributed by atoms with van der Waals surface area (Å²) >= 11 is 0. The van der Waals surface area contributed by atoms with Gasteiger partial charge in [-0.1, -0.05) is 212 Å². The van der Waals surface area contributed by atoms with E-state index in [0.29, 0.717) is 50.3 Å². The third kappa shape index (κ3) is 19.2. The molecule has 14 heteroatoms. The van der Waals surface area contributed by atoms with E-state index in [9.17, 15) is 33.6 Å². The molecule has 0 heterocycles. The van der Waals surface area contributed by atoms with E-state index in [-0.39, 0.29) is 41.4 Å². The summed E-state index contributed by atoms with van der Waals surface area (Å²) in [5.74, 6) is -0.622. The Balaban J connectivity index is 0.000000151. The van der Waals surface area contributed by atoms with Crippen LogP contribution in [0.3, 0.4) is 0 Å². The van der Waals surface area contributed by atoms with Crippen LogP contribution in [0.2, 0.25) is 0 Å². The first kappa shape index (κ1) is 74.8. The molecule has 0 bridgehead atoms. The molecule has 7 amide bonds. The second kappa shape index (κ2) is 36.7. The highest BCUT2D eigenvalue weighted by Crippen LogP contribution is 2.32. The molecule has 13 aromatic carbocycles. The summed E-state index contributed by atoms with van der Waals surface area (Å²) in [5, 5.41) is 0. The Morgan fingerprint density at radius 2 is 0.340 bits per heavy atom. The van der Waals surface area contributed by atoms with Crippen molar-refractivity contribution in [3.63, 3.8) is 0 Å². The fraction of sp³-hybridized carbons (Fsp3) is 0.0761. The van der Waals surface area contributed by atoms with Gasteiger partial charge in [-0.3, -0.25) is 33.6 Å². The van der Waals surface area contributed by atoms with Crippen molar-refractivity contribution in [3.8, 4) is 22.3 Å². The standard InChI is InChI=1S/C26H21NO.3C22H20N2O2/c1-27(25-18-16-23(17-19-25)21-10-6-3-7-11-21)26(28)24-14-12-22(13-15-24)20-8-4-2-5-9-20;1-23(21(25)17-11-5-3-6-12-17)19-15-9-10-16-20(19)24(2)22(26)18-13-7-4-8-14-18;1-23(21(25)17-10-5-3-6-11-17)19-14-9-15-20(16-19)24(2)22(26)18-12-7-4-8-13-18;1-23(21(25)17-9-5-3-6-10-17)19-13-15-20(16-14-19)24(2)22(26)18-11-7-4-8-12-18/h2-19H,1H3;3*3-16H,1-2H3. The largest absolute Gasteiger partial charge is 0.311 e. The smallest absolute Gasteiger partial charge is 0.258 e. The van der Waals surface area contributed by atoms with Crippen LogP contribution in [-0.4, -0.2) is 90.7 Å². The average Bonchev–Trinajstić information content (AvgIpc) is 0.820. The zero-order valence-electron chi connectivity index (χ0n) is 60.1. The number of anilines is 7. The Hall–Kier alpha value is -13.9. The molecule has 0 spiro atoms. The Kier molecular flexibility index (Phi) is 25.9. The molecule has 0 aliphatic carbocycles. The first-order valence-corrected chi connectivity index (χ1v) is 34.3. The topological polar surface area (TPSA) is 142 Å². The maximum absolute atomic E-state index is 12.9. The fourth-order valence-corrected chi connectivity index (χ4v) is 11.4. The number of para-hydroxylation sites is 2. The normalized spacial score (nSPS) is 10.3. The van der Waals surface area contributed by atoms with E-state index in [1.165, 1.54) is 5.56 Å². The molecule has 13 aromatic rings. The van der Waals surface area contributed by atoms with Crippen LogP contribution >= 0.6 is 0 Å². The van der Waals surface area contributed by atoms with Gasteiger partial charge >= 0.3 is 0 Å². The van der Waals surface area contributed by atoms with Crippen LogP contribution < -0.4 is 34.3 Å². The molecular weight excluding hydrogens is 1320 g/mol. The molecule has 0 aromatic heterocycles. The summed E-state index contributed by atoms with van der Waals surface area (Å²) in [6.45, 7) is 0. The van der Waals surface area contributed by atoms with Gasteiger partial charge in [0.25, 0.3) is 41.4 Å². The molecule has 0 N–H and O–H groups in total. The van der Waals surface area contributed by atoms with Crippen LogP contribution in [0.4, 0.5) is 39.8 Å². The predicted octanol–water partition coefficient (Wildman–Crippen LogP) is 19.0. The van der Waals surface area contributed by atoms with E-state index in [1.807, 2.05) is 274 Å². The van der Waals surface area contributed by atoms with E-state index in [2.05, 4.69) is 24.3 Å². The second-order valence-electron chi connectivity index (χ2n) is 24.6. The number of carbonyl (C=O) groups excluding carboxylic acids is 7. The molecule has 0 atom stereocenters. The van der Waals surface area contributed by atoms with Crippen LogP contribution in [0.15, 0.2) is 364 Å². The first-order chi connectivity index (χ1) is 51.5. The monoisotopic (exact) mass is 1400 g/mol. The molecule has 0 saturated carbocycles. The lowest BCUT2D eigenvalue weighted by Gasteiger charge is -2.26. The lowest BCUT2D eigenvalue weighted by molar-refractivity contribution is 0.0981. The number of hydrogen-bond donors (Lipinski definition) is 0. The Bertz CT molecular complexity index is 4820. The lowest BCUT2D eigenvalue weighted by Crippen LogP contribution is -2.31. The van der Waals surface area contributed by atoms with Crippen LogP contribution in [0, 0.1) is 0 Å². The molecule has 0 saturated heterocycles. The van der Waals surface area contributed by atoms with E-state index < -0.39 is 0 Å². The molecule has 0 unspecified atom stereocenters. The Morgan fingerprint density at radius 3 is 0.594 bits per heavy atom. The summed E-state index contributed by atoms with van der Waals surface area (Å²) in [7, 11) is 12.2. The van der Waals surface area contributed by atoms with Crippen LogP contribution in [0.5, 0.6) is 0 Å². The van der Waals surface area contributed by atoms with Crippen LogP contribution in [0.1, 0.15) is 72.5 Å². The first-order valence-electron chi connectivity index (χ1n) is 34.3. The third-order valence-electron chi connectivity index (χ3n) is 17.7. The van der Waals surface area contributed by atoms with Crippen molar-refractivity contribution in [3.05, 3.63) is 403 Å². The minimum atomic E-state index is -0.126. The third-order valence-corrected chi connectivity index (χ3v) is 17.7. The van der Waals surface area contributed by atoms with Crippen molar-refractivity contribution in [2.45, 2.75) is 0 Å². The molecule has 0 aliphatic heterocycles. The van der Waals surface area contributed by atoms with Gasteiger partial charge in [0, 0.05) is 117 Å². The number of nitrogens with zero attached hydrogens (tertiary/aromatic N) is 7. The number of amides is 7. The minimum Gasteiger partial charge on any atom is -0.311 e. The quantitative estimate of drug-likeness (QED) is 0.0937. The summed E-state index contributed by atoms with van der Waals surface area (Å²) in [6.07, 6.45) is 0. The van der Waals surface area contributed by atoms with Gasteiger partial charge in [0.2, 0.25) is 0 Å². The van der Waals surface area contributed by atoms with Gasteiger partial charge in [0.15, 0.2) is 0 Å². The predicted molar refractivity (Wildman–Crippen MR) is 431 cm³/mol. The van der Waals surface area contributed by atoms with E-state index in [4.69, 9.17) is 0 Å². The maximum Gasteiger partial charge on any atom is 0.258 e. The van der Waals surface area contributed by atoms with Gasteiger partial charge in [-0.25, -0.2) is 0 Å². The summed E-state index contributed by atoms with van der Waals surface area (Å²) in [5.41, 5.74) is 14.1. The van der Waals surface area contributed by atoms with Crippen molar-refractivity contribution >= 4 is 81.2 Å². The molecular formula is C92H81N7O7. The average molecular weight is 1400 g/mol. The lowest BCUT2D eigenvalue weighted by atomic mass is 10.0. The summed E-state index contributed by atoms with van der Waals surface area (Å²) in [4.78, 5) is 99.9. The summed E-state index contributed by atoms with van der Waals surface area (Å²) in [6, 6.07) is 113. The molecule has 14 nitrogen and oxygen atoms in total. The van der Waals surface area contributed by atoms with Gasteiger partial charge < -0.3 is 34.3 Å². The molecule has 0 radical (unpaired) electrons. The number of benzene rings is 13. The SMILES string of the molecule is CN(C(=O)c1ccc(-c2ccccc2)cc1)c1ccc(-c2ccccc2)cc1.CN(C(=O)c1ccccc1)c1ccc(N(C)C(=O)c2ccccc2)cc1.CN(C(=O)c1ccccc1)c1cccc(N(C)C(=O)c2ccccc2)c1.CN(C(=O)c1ccccc1)c1ccccc1N(C)C(=O)c1ccccc1. The zero-order chi connectivity index (χ0) is 74.9. The van der Waals surface area contributed by atoms with Crippen LogP contribution in [0.25, 0.3) is 22.3 Å². The van der Waals surface area contributed by atoms with E-state index >= 15 is 0 Å². The highest BCUT2D eigenvalue weighted by molar-refractivity contribution is 6.13. The van der Waals surface area contributed by atoms with Crippen molar-refractivity contribution < 1.29 is 33.6 Å². The van der Waals surface area contributed by atoms with Crippen molar-refractivity contribution in [2.75, 3.05) is 83.6 Å². The Morgan fingerprint density at radius 1 is 0.160 bits per heavy atom. The van der Waals surface area contributed by atoms with Gasteiger partial charge in [0.1, 0.15) is 0 Å². The molecule has 0 fully saturated rings. The van der Waals surface area contributed by atoms with Gasteiger partial charge in [0.05, 0.1) is 11.4 Å². The maximum atomic E-state index is 12.9. The Labute approximate surface area is 620 Å². The van der Waals surface area contributed by atoms with E-state index in [0.717, 1.165) is 45.1 Å². The minimum absolute atomic E-state index is 0.0212. The number of carbonyl (C=O) groups is 7. The van der Waals surface area contributed by atoms with E-state index in [1.54, 1.807) is 149 Å². The molecule has 0 aliphatic rings. The number of hydrogen-bond acceptors (Lipinski definition) is 7. The second-order valence-corrected chi connectivity index (χ2v) is 24.6. The van der Waals surface area contributed by atoms with Crippen molar-refractivity contribution in [2.24, 2.45) is 0 Å². The van der Waals surface area contributed by atoms with Crippen molar-refractivity contribution in [1.82, 2.24) is 0 Å².